The van der Waals surface area contributed by atoms with Gasteiger partial charge in [-0.15, -0.1) is 11.3 Å². The molecule has 0 saturated carbocycles. The summed E-state index contributed by atoms with van der Waals surface area (Å²) in [6.07, 6.45) is 4.56. The van der Waals surface area contributed by atoms with Crippen LogP contribution in [0.3, 0.4) is 0 Å². The molecule has 0 aromatic carbocycles. The smallest absolute Gasteiger partial charge is 0.252 e. The van der Waals surface area contributed by atoms with Gasteiger partial charge in [0.05, 0.1) is 5.56 Å². The molecule has 0 radical (unpaired) electrons. The van der Waals surface area contributed by atoms with Crippen LogP contribution in [0.4, 0.5) is 0 Å². The molecule has 0 atom stereocenters. The predicted octanol–water partition coefficient (Wildman–Crippen LogP) is 2.73. The van der Waals surface area contributed by atoms with E-state index in [1.54, 1.807) is 0 Å². The van der Waals surface area contributed by atoms with Gasteiger partial charge in [0.15, 0.2) is 0 Å². The fourth-order valence-electron chi connectivity index (χ4n) is 1.95. The first-order valence-corrected chi connectivity index (χ1v) is 9.48. The van der Waals surface area contributed by atoms with Gasteiger partial charge in [0.1, 0.15) is 4.21 Å². The van der Waals surface area contributed by atoms with E-state index in [4.69, 9.17) is 5.14 Å². The first-order chi connectivity index (χ1) is 9.65. The van der Waals surface area contributed by atoms with Crippen molar-refractivity contribution < 1.29 is 13.2 Å². The standard InChI is InChI=1S/C14H24N2O3S2/c1-4-5-6-7-14(2,3)10-16-13(17)11-8-12(20-9-11)21(15,18)19/h8-9H,4-7,10H2,1-3H3,(H,16,17)(H2,15,18,19). The van der Waals surface area contributed by atoms with Gasteiger partial charge < -0.3 is 5.32 Å². The second-order valence-electron chi connectivity index (χ2n) is 6.00. The highest BCUT2D eigenvalue weighted by Crippen LogP contribution is 2.23. The van der Waals surface area contributed by atoms with Crippen molar-refractivity contribution in [2.45, 2.75) is 50.7 Å². The molecule has 120 valence electrons. The van der Waals surface area contributed by atoms with E-state index in [2.05, 4.69) is 26.1 Å². The number of nitrogens with two attached hydrogens (primary N) is 1. The van der Waals surface area contributed by atoms with Crippen molar-refractivity contribution in [1.82, 2.24) is 5.32 Å². The van der Waals surface area contributed by atoms with Crippen molar-refractivity contribution in [2.24, 2.45) is 10.6 Å². The molecule has 1 heterocycles. The lowest BCUT2D eigenvalue weighted by molar-refractivity contribution is 0.0934. The van der Waals surface area contributed by atoms with Crippen LogP contribution in [0.5, 0.6) is 0 Å². The minimum atomic E-state index is -3.74. The maximum absolute atomic E-state index is 12.0. The number of carbonyl (C=O) groups is 1. The van der Waals surface area contributed by atoms with E-state index in [9.17, 15) is 13.2 Å². The summed E-state index contributed by atoms with van der Waals surface area (Å²) in [5.41, 5.74) is 0.372. The SMILES string of the molecule is CCCCCC(C)(C)CNC(=O)c1csc(S(N)(=O)=O)c1. The Morgan fingerprint density at radius 3 is 2.57 bits per heavy atom. The topological polar surface area (TPSA) is 89.3 Å². The number of hydrogen-bond donors (Lipinski definition) is 2. The van der Waals surface area contributed by atoms with E-state index >= 15 is 0 Å². The molecule has 1 aromatic rings. The molecular formula is C14H24N2O3S2. The van der Waals surface area contributed by atoms with Crippen molar-refractivity contribution in [3.63, 3.8) is 0 Å². The van der Waals surface area contributed by atoms with Gasteiger partial charge in [0.25, 0.3) is 5.91 Å². The van der Waals surface area contributed by atoms with Gasteiger partial charge in [0.2, 0.25) is 10.0 Å². The van der Waals surface area contributed by atoms with E-state index < -0.39 is 10.0 Å². The largest absolute Gasteiger partial charge is 0.351 e. The summed E-state index contributed by atoms with van der Waals surface area (Å²) in [5, 5.41) is 9.41. The Balaban J connectivity index is 2.55. The number of rotatable bonds is 8. The third-order valence-electron chi connectivity index (χ3n) is 3.30. The van der Waals surface area contributed by atoms with Gasteiger partial charge in [0, 0.05) is 11.9 Å². The van der Waals surface area contributed by atoms with E-state index in [1.165, 1.54) is 24.3 Å². The summed E-state index contributed by atoms with van der Waals surface area (Å²) >= 11 is 0.961. The fourth-order valence-corrected chi connectivity index (χ4v) is 3.53. The summed E-state index contributed by atoms with van der Waals surface area (Å²) in [5.74, 6) is -0.260. The van der Waals surface area contributed by atoms with Crippen LogP contribution in [0.2, 0.25) is 0 Å². The molecule has 3 N–H and O–H groups in total. The molecule has 21 heavy (non-hydrogen) atoms. The molecule has 1 amide bonds. The van der Waals surface area contributed by atoms with Gasteiger partial charge in [-0.05, 0) is 17.9 Å². The predicted molar refractivity (Wildman–Crippen MR) is 85.9 cm³/mol. The molecular weight excluding hydrogens is 308 g/mol. The number of carbonyl (C=O) groups excluding carboxylic acids is 1. The number of hydrogen-bond acceptors (Lipinski definition) is 4. The molecule has 0 fully saturated rings. The lowest BCUT2D eigenvalue weighted by Gasteiger charge is -2.24. The lowest BCUT2D eigenvalue weighted by Crippen LogP contribution is -2.33. The van der Waals surface area contributed by atoms with Crippen molar-refractivity contribution >= 4 is 27.3 Å². The Morgan fingerprint density at radius 1 is 1.38 bits per heavy atom. The zero-order valence-corrected chi connectivity index (χ0v) is 14.4. The summed E-state index contributed by atoms with van der Waals surface area (Å²) in [4.78, 5) is 12.0. The van der Waals surface area contributed by atoms with E-state index in [1.807, 2.05) is 0 Å². The van der Waals surface area contributed by atoms with Gasteiger partial charge >= 0.3 is 0 Å². The Hall–Kier alpha value is -0.920. The number of sulfonamides is 1. The maximum Gasteiger partial charge on any atom is 0.252 e. The third kappa shape index (κ3) is 6.15. The van der Waals surface area contributed by atoms with Crippen LogP contribution in [-0.2, 0) is 10.0 Å². The molecule has 0 spiro atoms. The van der Waals surface area contributed by atoms with Gasteiger partial charge in [-0.1, -0.05) is 40.0 Å². The molecule has 5 nitrogen and oxygen atoms in total. The molecule has 0 aliphatic rings. The van der Waals surface area contributed by atoms with Gasteiger partial charge in [-0.3, -0.25) is 4.79 Å². The molecule has 1 aromatic heterocycles. The Bertz CT molecular complexity index is 577. The van der Waals surface area contributed by atoms with Crippen molar-refractivity contribution in [3.8, 4) is 0 Å². The fraction of sp³-hybridized carbons (Fsp3) is 0.643. The van der Waals surface area contributed by atoms with Crippen LogP contribution >= 0.6 is 11.3 Å². The van der Waals surface area contributed by atoms with Crippen LogP contribution in [0, 0.1) is 5.41 Å². The van der Waals surface area contributed by atoms with Gasteiger partial charge in [-0.25, -0.2) is 13.6 Å². The van der Waals surface area contributed by atoms with Crippen LogP contribution in [-0.4, -0.2) is 20.9 Å². The van der Waals surface area contributed by atoms with Gasteiger partial charge in [-0.2, -0.15) is 0 Å². The first kappa shape index (κ1) is 18.1. The van der Waals surface area contributed by atoms with Crippen LogP contribution in [0.25, 0.3) is 0 Å². The zero-order chi connectivity index (χ0) is 16.1. The maximum atomic E-state index is 12.0. The van der Waals surface area contributed by atoms with Crippen molar-refractivity contribution in [1.29, 1.82) is 0 Å². The van der Waals surface area contributed by atoms with E-state index in [-0.39, 0.29) is 15.5 Å². The molecule has 0 saturated heterocycles. The minimum absolute atomic E-state index is 0.00913. The second-order valence-corrected chi connectivity index (χ2v) is 8.70. The molecule has 0 bridgehead atoms. The number of nitrogens with one attached hydrogen (secondary N) is 1. The van der Waals surface area contributed by atoms with Crippen molar-refractivity contribution in [2.75, 3.05) is 6.54 Å². The summed E-state index contributed by atoms with van der Waals surface area (Å²) in [6, 6.07) is 1.32. The normalized spacial score (nSPS) is 12.4. The van der Waals surface area contributed by atoms with E-state index in [0.29, 0.717) is 12.1 Å². The number of thiophene rings is 1. The molecule has 1 rings (SSSR count). The average Bonchev–Trinajstić information content (AvgIpc) is 2.85. The number of primary sulfonamides is 1. The number of amides is 1. The Kier molecular flexibility index (Phi) is 6.37. The summed E-state index contributed by atoms with van der Waals surface area (Å²) in [6.45, 7) is 6.96. The first-order valence-electron chi connectivity index (χ1n) is 7.05. The Morgan fingerprint density at radius 2 is 2.05 bits per heavy atom. The average molecular weight is 332 g/mol. The summed E-state index contributed by atoms with van der Waals surface area (Å²) < 4.78 is 22.4. The molecule has 0 unspecified atom stereocenters. The quantitative estimate of drug-likeness (QED) is 0.717. The minimum Gasteiger partial charge on any atom is -0.351 e. The van der Waals surface area contributed by atoms with E-state index in [0.717, 1.165) is 24.2 Å². The molecule has 0 aliphatic heterocycles. The highest BCUT2D eigenvalue weighted by Gasteiger charge is 2.20. The lowest BCUT2D eigenvalue weighted by atomic mass is 9.87. The highest BCUT2D eigenvalue weighted by atomic mass is 32.2. The highest BCUT2D eigenvalue weighted by molar-refractivity contribution is 7.91. The molecule has 0 aliphatic carbocycles. The summed E-state index contributed by atoms with van der Waals surface area (Å²) in [7, 11) is -3.74. The Labute approximate surface area is 131 Å². The monoisotopic (exact) mass is 332 g/mol. The second kappa shape index (κ2) is 7.38. The zero-order valence-electron chi connectivity index (χ0n) is 12.8. The third-order valence-corrected chi connectivity index (χ3v) is 5.69. The van der Waals surface area contributed by atoms with Crippen LogP contribution < -0.4 is 10.5 Å². The van der Waals surface area contributed by atoms with Crippen LogP contribution in [0.1, 0.15) is 56.8 Å². The van der Waals surface area contributed by atoms with Crippen molar-refractivity contribution in [3.05, 3.63) is 17.0 Å². The number of unbranched alkanes of at least 4 members (excludes halogenated alkanes) is 2. The van der Waals surface area contributed by atoms with Crippen LogP contribution in [0.15, 0.2) is 15.7 Å². The molecule has 7 heteroatoms.